The molecule has 2 amide bonds. The van der Waals surface area contributed by atoms with Gasteiger partial charge in [-0.05, 0) is 12.1 Å². The van der Waals surface area contributed by atoms with Crippen LogP contribution in [0.25, 0.3) is 0 Å². The van der Waals surface area contributed by atoms with Gasteiger partial charge in [-0.25, -0.2) is 0 Å². The van der Waals surface area contributed by atoms with Crippen molar-refractivity contribution in [1.82, 2.24) is 10.6 Å². The number of hydrogen-bond acceptors (Lipinski definition) is 4. The second-order valence-electron chi connectivity index (χ2n) is 3.59. The molecule has 0 spiro atoms. The molecule has 0 saturated carbocycles. The SMILES string of the molecule is COc1cccc(O)c1C(=O)NCCNC(C)=O. The maximum absolute atomic E-state index is 11.8. The Morgan fingerprint density at radius 2 is 1.94 bits per heavy atom. The maximum Gasteiger partial charge on any atom is 0.258 e. The van der Waals surface area contributed by atoms with E-state index in [1.165, 1.54) is 20.1 Å². The predicted octanol–water partition coefficient (Wildman–Crippen LogP) is 0.267. The fraction of sp³-hybridized carbons (Fsp3) is 0.333. The van der Waals surface area contributed by atoms with Crippen LogP contribution < -0.4 is 15.4 Å². The average molecular weight is 252 g/mol. The van der Waals surface area contributed by atoms with Crippen LogP contribution in [0.5, 0.6) is 11.5 Å². The van der Waals surface area contributed by atoms with Crippen LogP contribution in [0.2, 0.25) is 0 Å². The Labute approximate surface area is 105 Å². The molecule has 1 aromatic carbocycles. The molecule has 1 rings (SSSR count). The Hall–Kier alpha value is -2.24. The third kappa shape index (κ3) is 3.65. The van der Waals surface area contributed by atoms with Gasteiger partial charge >= 0.3 is 0 Å². The molecule has 98 valence electrons. The van der Waals surface area contributed by atoms with Crippen molar-refractivity contribution in [1.29, 1.82) is 0 Å². The van der Waals surface area contributed by atoms with Crippen molar-refractivity contribution >= 4 is 11.8 Å². The minimum atomic E-state index is -0.449. The first kappa shape index (κ1) is 13.8. The molecular weight excluding hydrogens is 236 g/mol. The van der Waals surface area contributed by atoms with Gasteiger partial charge in [-0.3, -0.25) is 9.59 Å². The van der Waals surface area contributed by atoms with Crippen molar-refractivity contribution in [2.45, 2.75) is 6.92 Å². The van der Waals surface area contributed by atoms with Crippen molar-refractivity contribution in [3.8, 4) is 11.5 Å². The molecule has 0 heterocycles. The maximum atomic E-state index is 11.8. The number of hydrogen-bond donors (Lipinski definition) is 3. The monoisotopic (exact) mass is 252 g/mol. The average Bonchev–Trinajstić information content (AvgIpc) is 2.33. The number of carbonyl (C=O) groups is 2. The van der Waals surface area contributed by atoms with E-state index in [1.54, 1.807) is 12.1 Å². The number of benzene rings is 1. The summed E-state index contributed by atoms with van der Waals surface area (Å²) in [4.78, 5) is 22.5. The highest BCUT2D eigenvalue weighted by atomic mass is 16.5. The molecule has 18 heavy (non-hydrogen) atoms. The van der Waals surface area contributed by atoms with Gasteiger partial charge in [-0.1, -0.05) is 6.07 Å². The molecular formula is C12H16N2O4. The Morgan fingerprint density at radius 3 is 2.56 bits per heavy atom. The molecule has 0 radical (unpaired) electrons. The number of ether oxygens (including phenoxy) is 1. The van der Waals surface area contributed by atoms with Crippen LogP contribution >= 0.6 is 0 Å². The fourth-order valence-electron chi connectivity index (χ4n) is 1.42. The van der Waals surface area contributed by atoms with E-state index in [0.717, 1.165) is 0 Å². The second-order valence-corrected chi connectivity index (χ2v) is 3.59. The number of carbonyl (C=O) groups excluding carboxylic acids is 2. The summed E-state index contributed by atoms with van der Waals surface area (Å²) in [7, 11) is 1.42. The number of methoxy groups -OCH3 is 1. The van der Waals surface area contributed by atoms with Crippen molar-refractivity contribution in [3.63, 3.8) is 0 Å². The summed E-state index contributed by atoms with van der Waals surface area (Å²) in [5, 5.41) is 14.8. The lowest BCUT2D eigenvalue weighted by molar-refractivity contribution is -0.118. The van der Waals surface area contributed by atoms with Gasteiger partial charge in [0.1, 0.15) is 17.1 Å². The number of phenolic OH excluding ortho intramolecular Hbond substituents is 1. The summed E-state index contributed by atoms with van der Waals surface area (Å²) < 4.78 is 5.00. The van der Waals surface area contributed by atoms with E-state index in [1.807, 2.05) is 0 Å². The molecule has 0 aliphatic rings. The van der Waals surface area contributed by atoms with E-state index in [9.17, 15) is 14.7 Å². The molecule has 0 bridgehead atoms. The summed E-state index contributed by atoms with van der Waals surface area (Å²) in [6.07, 6.45) is 0. The van der Waals surface area contributed by atoms with Crippen molar-refractivity contribution in [3.05, 3.63) is 23.8 Å². The minimum absolute atomic E-state index is 0.0859. The second kappa shape index (κ2) is 6.48. The van der Waals surface area contributed by atoms with Gasteiger partial charge in [0.05, 0.1) is 7.11 Å². The molecule has 0 aliphatic heterocycles. The van der Waals surface area contributed by atoms with Gasteiger partial charge in [0, 0.05) is 20.0 Å². The first-order valence-corrected chi connectivity index (χ1v) is 5.45. The van der Waals surface area contributed by atoms with Crippen LogP contribution in [0.1, 0.15) is 17.3 Å². The summed E-state index contributed by atoms with van der Waals surface area (Å²) in [6.45, 7) is 2.00. The number of phenols is 1. The summed E-state index contributed by atoms with van der Waals surface area (Å²) in [6, 6.07) is 4.58. The molecule has 0 aromatic heterocycles. The Balaban J connectivity index is 2.64. The molecule has 0 fully saturated rings. The van der Waals surface area contributed by atoms with E-state index < -0.39 is 5.91 Å². The number of amides is 2. The standard InChI is InChI=1S/C12H16N2O4/c1-8(15)13-6-7-14-12(17)11-9(16)4-3-5-10(11)18-2/h3-5,16H,6-7H2,1-2H3,(H,13,15)(H,14,17). The van der Waals surface area contributed by atoms with E-state index in [4.69, 9.17) is 4.74 Å². The quantitative estimate of drug-likeness (QED) is 0.656. The molecule has 0 unspecified atom stereocenters. The third-order valence-corrected chi connectivity index (χ3v) is 2.24. The van der Waals surface area contributed by atoms with E-state index in [-0.39, 0.29) is 23.8 Å². The minimum Gasteiger partial charge on any atom is -0.507 e. The van der Waals surface area contributed by atoms with Crippen molar-refractivity contribution < 1.29 is 19.4 Å². The number of rotatable bonds is 5. The van der Waals surface area contributed by atoms with Gasteiger partial charge in [-0.15, -0.1) is 0 Å². The first-order chi connectivity index (χ1) is 8.56. The predicted molar refractivity (Wildman–Crippen MR) is 65.7 cm³/mol. The topological polar surface area (TPSA) is 87.7 Å². The normalized spacial score (nSPS) is 9.67. The lowest BCUT2D eigenvalue weighted by Crippen LogP contribution is -2.33. The van der Waals surface area contributed by atoms with Gasteiger partial charge in [-0.2, -0.15) is 0 Å². The Morgan fingerprint density at radius 1 is 1.28 bits per heavy atom. The molecule has 3 N–H and O–H groups in total. The smallest absolute Gasteiger partial charge is 0.258 e. The van der Waals surface area contributed by atoms with Gasteiger partial charge in [0.15, 0.2) is 0 Å². The molecule has 0 atom stereocenters. The number of nitrogens with one attached hydrogen (secondary N) is 2. The zero-order chi connectivity index (χ0) is 13.5. The largest absolute Gasteiger partial charge is 0.507 e. The Kier molecular flexibility index (Phi) is 4.98. The molecule has 6 heteroatoms. The highest BCUT2D eigenvalue weighted by Gasteiger charge is 2.16. The Bertz CT molecular complexity index is 446. The zero-order valence-corrected chi connectivity index (χ0v) is 10.3. The lowest BCUT2D eigenvalue weighted by atomic mass is 10.1. The van der Waals surface area contributed by atoms with Gasteiger partial charge < -0.3 is 20.5 Å². The van der Waals surface area contributed by atoms with E-state index >= 15 is 0 Å². The van der Waals surface area contributed by atoms with Crippen LogP contribution in [-0.4, -0.2) is 37.1 Å². The number of aromatic hydroxyl groups is 1. The van der Waals surface area contributed by atoms with Gasteiger partial charge in [0.2, 0.25) is 5.91 Å². The third-order valence-electron chi connectivity index (χ3n) is 2.24. The zero-order valence-electron chi connectivity index (χ0n) is 10.3. The molecule has 0 saturated heterocycles. The lowest BCUT2D eigenvalue weighted by Gasteiger charge is -2.10. The fourth-order valence-corrected chi connectivity index (χ4v) is 1.42. The molecule has 6 nitrogen and oxygen atoms in total. The van der Waals surface area contributed by atoms with Crippen LogP contribution in [0.15, 0.2) is 18.2 Å². The summed E-state index contributed by atoms with van der Waals surface area (Å²) in [5.41, 5.74) is 0.0859. The van der Waals surface area contributed by atoms with Crippen LogP contribution in [0, 0.1) is 0 Å². The van der Waals surface area contributed by atoms with Crippen LogP contribution in [0.3, 0.4) is 0 Å². The summed E-state index contributed by atoms with van der Waals surface area (Å²) in [5.74, 6) is -0.460. The first-order valence-electron chi connectivity index (χ1n) is 5.45. The highest BCUT2D eigenvalue weighted by Crippen LogP contribution is 2.26. The molecule has 0 aliphatic carbocycles. The van der Waals surface area contributed by atoms with E-state index in [0.29, 0.717) is 12.3 Å². The molecule has 1 aromatic rings. The van der Waals surface area contributed by atoms with Crippen molar-refractivity contribution in [2.75, 3.05) is 20.2 Å². The summed E-state index contributed by atoms with van der Waals surface area (Å²) >= 11 is 0. The van der Waals surface area contributed by atoms with Crippen molar-refractivity contribution in [2.24, 2.45) is 0 Å². The highest BCUT2D eigenvalue weighted by molar-refractivity contribution is 5.99. The van der Waals surface area contributed by atoms with Crippen LogP contribution in [0.4, 0.5) is 0 Å². The van der Waals surface area contributed by atoms with Crippen LogP contribution in [-0.2, 0) is 4.79 Å². The van der Waals surface area contributed by atoms with Gasteiger partial charge in [0.25, 0.3) is 5.91 Å². The van der Waals surface area contributed by atoms with E-state index in [2.05, 4.69) is 10.6 Å².